The zero-order chi connectivity index (χ0) is 23.3. The number of amides is 2. The van der Waals surface area contributed by atoms with Crippen molar-refractivity contribution in [1.82, 2.24) is 10.2 Å². The number of fused-ring (bicyclic) bond motifs is 1. The summed E-state index contributed by atoms with van der Waals surface area (Å²) in [6.07, 6.45) is 0.733. The van der Waals surface area contributed by atoms with Gasteiger partial charge in [0.25, 0.3) is 0 Å². The van der Waals surface area contributed by atoms with Crippen LogP contribution in [-0.2, 0) is 22.6 Å². The third kappa shape index (κ3) is 6.45. The van der Waals surface area contributed by atoms with Gasteiger partial charge in [0.1, 0.15) is 25.1 Å². The van der Waals surface area contributed by atoms with Gasteiger partial charge in [-0.15, -0.1) is 0 Å². The zero-order valence-corrected chi connectivity index (χ0v) is 19.1. The normalized spacial score (nSPS) is 13.9. The van der Waals surface area contributed by atoms with Gasteiger partial charge < -0.3 is 19.7 Å². The van der Waals surface area contributed by atoms with Gasteiger partial charge in [-0.3, -0.25) is 9.59 Å². The van der Waals surface area contributed by atoms with Crippen molar-refractivity contribution in [3.63, 3.8) is 0 Å². The molecule has 1 unspecified atom stereocenters. The minimum absolute atomic E-state index is 0.152. The number of benzene rings is 2. The van der Waals surface area contributed by atoms with Crippen molar-refractivity contribution in [1.29, 1.82) is 0 Å². The molecule has 0 aromatic heterocycles. The lowest BCUT2D eigenvalue weighted by Gasteiger charge is -2.31. The Kier molecular flexibility index (Phi) is 7.38. The average Bonchev–Trinajstić information content (AvgIpc) is 2.75. The van der Waals surface area contributed by atoms with Crippen LogP contribution in [0.1, 0.15) is 45.2 Å². The molecule has 0 spiro atoms. The summed E-state index contributed by atoms with van der Waals surface area (Å²) in [5.41, 5.74) is 1.30. The molecule has 2 amide bonds. The molecule has 2 aromatic carbocycles. The van der Waals surface area contributed by atoms with Crippen LogP contribution in [0.5, 0.6) is 11.5 Å². The fraction of sp³-hybridized carbons (Fsp3) is 0.440. The molecule has 7 heteroatoms. The van der Waals surface area contributed by atoms with Gasteiger partial charge in [0, 0.05) is 18.5 Å². The van der Waals surface area contributed by atoms with Gasteiger partial charge in [0.15, 0.2) is 11.5 Å². The highest BCUT2D eigenvalue weighted by Crippen LogP contribution is 2.31. The molecule has 0 radical (unpaired) electrons. The Hall–Kier alpha value is -3.09. The molecule has 172 valence electrons. The first-order valence-electron chi connectivity index (χ1n) is 10.9. The second-order valence-corrected chi connectivity index (χ2v) is 9.04. The van der Waals surface area contributed by atoms with Gasteiger partial charge >= 0.3 is 0 Å². The van der Waals surface area contributed by atoms with Crippen molar-refractivity contribution in [3.05, 3.63) is 59.4 Å². The van der Waals surface area contributed by atoms with Gasteiger partial charge in [0.05, 0.1) is 0 Å². The molecule has 32 heavy (non-hydrogen) atoms. The van der Waals surface area contributed by atoms with Crippen molar-refractivity contribution in [2.75, 3.05) is 13.2 Å². The highest BCUT2D eigenvalue weighted by Gasteiger charge is 2.28. The summed E-state index contributed by atoms with van der Waals surface area (Å²) in [6.45, 7) is 8.65. The third-order valence-corrected chi connectivity index (χ3v) is 5.17. The number of carbonyl (C=O) groups excluding carboxylic acids is 2. The maximum Gasteiger partial charge on any atom is 0.242 e. The van der Waals surface area contributed by atoms with Crippen LogP contribution in [0.15, 0.2) is 42.5 Å². The lowest BCUT2D eigenvalue weighted by atomic mass is 10.1. The number of aryl methyl sites for hydroxylation is 1. The maximum absolute atomic E-state index is 13.3. The summed E-state index contributed by atoms with van der Waals surface area (Å²) in [6, 6.07) is 11.0. The molecule has 0 saturated heterocycles. The van der Waals surface area contributed by atoms with Crippen molar-refractivity contribution in [2.24, 2.45) is 0 Å². The Morgan fingerprint density at radius 1 is 1.03 bits per heavy atom. The Morgan fingerprint density at radius 3 is 2.31 bits per heavy atom. The molecule has 0 saturated carbocycles. The van der Waals surface area contributed by atoms with E-state index in [0.717, 1.165) is 11.1 Å². The fourth-order valence-corrected chi connectivity index (χ4v) is 3.48. The van der Waals surface area contributed by atoms with Crippen LogP contribution in [0.25, 0.3) is 0 Å². The van der Waals surface area contributed by atoms with Gasteiger partial charge in [-0.25, -0.2) is 4.39 Å². The van der Waals surface area contributed by atoms with E-state index in [1.807, 2.05) is 39.0 Å². The molecule has 0 aliphatic carbocycles. The largest absolute Gasteiger partial charge is 0.486 e. The van der Waals surface area contributed by atoms with E-state index < -0.39 is 11.6 Å². The highest BCUT2D eigenvalue weighted by atomic mass is 19.1. The first-order chi connectivity index (χ1) is 15.1. The van der Waals surface area contributed by atoms with E-state index in [1.54, 1.807) is 24.0 Å². The molecule has 0 fully saturated rings. The summed E-state index contributed by atoms with van der Waals surface area (Å²) < 4.78 is 24.5. The van der Waals surface area contributed by atoms with E-state index in [1.165, 1.54) is 12.1 Å². The van der Waals surface area contributed by atoms with Crippen LogP contribution in [-0.4, -0.2) is 41.5 Å². The number of hydrogen-bond donors (Lipinski definition) is 1. The average molecular weight is 443 g/mol. The number of hydrogen-bond acceptors (Lipinski definition) is 4. The van der Waals surface area contributed by atoms with Gasteiger partial charge in [-0.1, -0.05) is 18.2 Å². The molecular weight excluding hydrogens is 411 g/mol. The predicted octanol–water partition coefficient (Wildman–Crippen LogP) is 3.86. The minimum atomic E-state index is -0.674. The lowest BCUT2D eigenvalue weighted by Crippen LogP contribution is -2.52. The maximum atomic E-state index is 13.3. The molecule has 1 aliphatic rings. The SMILES string of the molecule is CC(C(=O)NC(C)(C)C)N(Cc1ccc(F)cc1)C(=O)CCc1ccc2c(c1)OCCO2. The van der Waals surface area contributed by atoms with Crippen LogP contribution >= 0.6 is 0 Å². The standard InChI is InChI=1S/C25H31FN2O4/c1-17(24(30)27-25(2,3)4)28(16-19-5-9-20(26)10-6-19)23(29)12-8-18-7-11-21-22(15-18)32-14-13-31-21/h5-7,9-11,15,17H,8,12-14,16H2,1-4H3,(H,27,30). The van der Waals surface area contributed by atoms with E-state index in [4.69, 9.17) is 9.47 Å². The summed E-state index contributed by atoms with van der Waals surface area (Å²) in [7, 11) is 0. The molecule has 1 heterocycles. The van der Waals surface area contributed by atoms with Crippen LogP contribution in [0.2, 0.25) is 0 Å². The number of halogens is 1. The summed E-state index contributed by atoms with van der Waals surface area (Å²) >= 11 is 0. The molecule has 0 bridgehead atoms. The Labute approximate surface area is 188 Å². The summed E-state index contributed by atoms with van der Waals surface area (Å²) in [5, 5.41) is 2.93. The van der Waals surface area contributed by atoms with E-state index in [-0.39, 0.29) is 30.6 Å². The number of rotatable bonds is 7. The zero-order valence-electron chi connectivity index (χ0n) is 19.1. The second kappa shape index (κ2) is 10.0. The number of ether oxygens (including phenoxy) is 2. The minimum Gasteiger partial charge on any atom is -0.486 e. The topological polar surface area (TPSA) is 67.9 Å². The lowest BCUT2D eigenvalue weighted by molar-refractivity contribution is -0.141. The van der Waals surface area contributed by atoms with Gasteiger partial charge in [-0.05, 0) is 69.5 Å². The van der Waals surface area contributed by atoms with Crippen molar-refractivity contribution < 1.29 is 23.5 Å². The highest BCUT2D eigenvalue weighted by molar-refractivity contribution is 5.87. The molecule has 1 aliphatic heterocycles. The number of nitrogens with zero attached hydrogens (tertiary/aromatic N) is 1. The first-order valence-corrected chi connectivity index (χ1v) is 10.9. The fourth-order valence-electron chi connectivity index (χ4n) is 3.48. The quantitative estimate of drug-likeness (QED) is 0.707. The third-order valence-electron chi connectivity index (χ3n) is 5.17. The van der Waals surface area contributed by atoms with E-state index >= 15 is 0 Å². The molecular formula is C25H31FN2O4. The number of carbonyl (C=O) groups is 2. The Bertz CT molecular complexity index is 953. The molecule has 1 atom stereocenters. The monoisotopic (exact) mass is 442 g/mol. The van der Waals surface area contributed by atoms with E-state index in [0.29, 0.717) is 31.1 Å². The van der Waals surface area contributed by atoms with Gasteiger partial charge in [0.2, 0.25) is 11.8 Å². The number of nitrogens with one attached hydrogen (secondary N) is 1. The van der Waals surface area contributed by atoms with Crippen LogP contribution in [0.3, 0.4) is 0 Å². The van der Waals surface area contributed by atoms with Crippen molar-refractivity contribution in [2.45, 2.75) is 58.7 Å². The van der Waals surface area contributed by atoms with E-state index in [9.17, 15) is 14.0 Å². The molecule has 1 N–H and O–H groups in total. The van der Waals surface area contributed by atoms with Crippen molar-refractivity contribution >= 4 is 11.8 Å². The van der Waals surface area contributed by atoms with Crippen molar-refractivity contribution in [3.8, 4) is 11.5 Å². The van der Waals surface area contributed by atoms with E-state index in [2.05, 4.69) is 5.32 Å². The van der Waals surface area contributed by atoms with Gasteiger partial charge in [-0.2, -0.15) is 0 Å². The molecule has 2 aromatic rings. The van der Waals surface area contributed by atoms with Crippen LogP contribution < -0.4 is 14.8 Å². The smallest absolute Gasteiger partial charge is 0.242 e. The van der Waals surface area contributed by atoms with Crippen LogP contribution in [0, 0.1) is 5.82 Å². The molecule has 3 rings (SSSR count). The summed E-state index contributed by atoms with van der Waals surface area (Å²) in [4.78, 5) is 27.5. The molecule has 6 nitrogen and oxygen atoms in total. The van der Waals surface area contributed by atoms with Crippen LogP contribution in [0.4, 0.5) is 4.39 Å². The predicted molar refractivity (Wildman–Crippen MR) is 120 cm³/mol. The Morgan fingerprint density at radius 2 is 1.66 bits per heavy atom. The summed E-state index contributed by atoms with van der Waals surface area (Å²) in [5.74, 6) is 0.663. The second-order valence-electron chi connectivity index (χ2n) is 9.04. The Balaban J connectivity index is 1.73. The first kappa shape index (κ1) is 23.6.